The van der Waals surface area contributed by atoms with Crippen molar-refractivity contribution in [3.63, 3.8) is 0 Å². The van der Waals surface area contributed by atoms with Crippen LogP contribution in [0.3, 0.4) is 0 Å². The molecule has 5 nitrogen and oxygen atoms in total. The van der Waals surface area contributed by atoms with Crippen LogP contribution in [0.2, 0.25) is 0 Å². The summed E-state index contributed by atoms with van der Waals surface area (Å²) in [6.45, 7) is 3.03. The zero-order valence-electron chi connectivity index (χ0n) is 12.7. The molecule has 5 heteroatoms. The molecule has 0 spiro atoms. The quantitative estimate of drug-likeness (QED) is 0.855. The Kier molecular flexibility index (Phi) is 5.09. The second-order valence-corrected chi connectivity index (χ2v) is 5.00. The van der Waals surface area contributed by atoms with Crippen molar-refractivity contribution in [2.24, 2.45) is 0 Å². The highest BCUT2D eigenvalue weighted by Gasteiger charge is 2.23. The van der Waals surface area contributed by atoms with E-state index in [1.54, 1.807) is 21.3 Å². The van der Waals surface area contributed by atoms with Crippen LogP contribution in [0.25, 0.3) is 0 Å². The van der Waals surface area contributed by atoms with Crippen LogP contribution >= 0.6 is 0 Å². The number of nitrogens with one attached hydrogen (secondary N) is 1. The average molecular weight is 280 g/mol. The first-order valence-electron chi connectivity index (χ1n) is 6.91. The fraction of sp³-hybridized carbons (Fsp3) is 0.600. The van der Waals surface area contributed by atoms with Crippen molar-refractivity contribution in [2.75, 3.05) is 41.5 Å². The molecule has 1 heterocycles. The molecule has 0 unspecified atom stereocenters. The zero-order chi connectivity index (χ0) is 14.5. The molecule has 1 fully saturated rings. The molecule has 0 radical (unpaired) electrons. The SMILES string of the molecule is CN[C@@H]1CCN(Cc2ccc(OC)c(OC)c2OC)C1. The number of hydrogen-bond donors (Lipinski definition) is 1. The number of hydrogen-bond acceptors (Lipinski definition) is 5. The highest BCUT2D eigenvalue weighted by molar-refractivity contribution is 5.55. The smallest absolute Gasteiger partial charge is 0.203 e. The standard InChI is InChI=1S/C15H24N2O3/c1-16-12-7-8-17(10-12)9-11-5-6-13(18-2)15(20-4)14(11)19-3/h5-6,12,16H,7-10H2,1-4H3/t12-/m1/s1. The summed E-state index contributed by atoms with van der Waals surface area (Å²) in [5.74, 6) is 2.12. The third kappa shape index (κ3) is 2.99. The molecular formula is C15H24N2O3. The van der Waals surface area contributed by atoms with Crippen LogP contribution in [-0.2, 0) is 6.54 Å². The molecule has 1 atom stereocenters. The van der Waals surface area contributed by atoms with Crippen LogP contribution in [0.15, 0.2) is 12.1 Å². The zero-order valence-corrected chi connectivity index (χ0v) is 12.7. The third-order valence-electron chi connectivity index (χ3n) is 3.86. The Hall–Kier alpha value is -1.46. The van der Waals surface area contributed by atoms with Crippen molar-refractivity contribution in [2.45, 2.75) is 19.0 Å². The highest BCUT2D eigenvalue weighted by atomic mass is 16.5. The van der Waals surface area contributed by atoms with Gasteiger partial charge in [-0.1, -0.05) is 6.07 Å². The molecular weight excluding hydrogens is 256 g/mol. The lowest BCUT2D eigenvalue weighted by Gasteiger charge is -2.20. The molecule has 0 amide bonds. The fourth-order valence-electron chi connectivity index (χ4n) is 2.74. The predicted molar refractivity (Wildman–Crippen MR) is 78.8 cm³/mol. The van der Waals surface area contributed by atoms with Crippen molar-refractivity contribution in [1.29, 1.82) is 0 Å². The number of likely N-dealkylation sites (N-methyl/N-ethyl adjacent to an activating group) is 1. The van der Waals surface area contributed by atoms with E-state index in [0.29, 0.717) is 17.5 Å². The van der Waals surface area contributed by atoms with Crippen LogP contribution in [0, 0.1) is 0 Å². The third-order valence-corrected chi connectivity index (χ3v) is 3.86. The molecule has 1 N–H and O–H groups in total. The van der Waals surface area contributed by atoms with E-state index < -0.39 is 0 Å². The van der Waals surface area contributed by atoms with Crippen molar-refractivity contribution in [3.8, 4) is 17.2 Å². The summed E-state index contributed by atoms with van der Waals surface area (Å²) in [5, 5.41) is 3.33. The molecule has 0 aliphatic carbocycles. The summed E-state index contributed by atoms with van der Waals surface area (Å²) in [6.07, 6.45) is 1.19. The lowest BCUT2D eigenvalue weighted by atomic mass is 10.1. The van der Waals surface area contributed by atoms with Gasteiger partial charge < -0.3 is 19.5 Å². The van der Waals surface area contributed by atoms with E-state index in [4.69, 9.17) is 14.2 Å². The molecule has 20 heavy (non-hydrogen) atoms. The van der Waals surface area contributed by atoms with Gasteiger partial charge in [-0.2, -0.15) is 0 Å². The monoisotopic (exact) mass is 280 g/mol. The molecule has 0 bridgehead atoms. The summed E-state index contributed by atoms with van der Waals surface area (Å²) in [6, 6.07) is 4.57. The summed E-state index contributed by atoms with van der Waals surface area (Å²) < 4.78 is 16.3. The minimum atomic E-state index is 0.584. The van der Waals surface area contributed by atoms with Gasteiger partial charge in [-0.3, -0.25) is 4.90 Å². The molecule has 1 aromatic carbocycles. The number of methoxy groups -OCH3 is 3. The van der Waals surface area contributed by atoms with Crippen LogP contribution in [-0.4, -0.2) is 52.4 Å². The van der Waals surface area contributed by atoms with Crippen LogP contribution < -0.4 is 19.5 Å². The van der Waals surface area contributed by atoms with E-state index in [1.807, 2.05) is 19.2 Å². The van der Waals surface area contributed by atoms with E-state index in [1.165, 1.54) is 6.42 Å². The Balaban J connectivity index is 2.19. The Morgan fingerprint density at radius 3 is 2.45 bits per heavy atom. The first-order chi connectivity index (χ1) is 9.73. The number of likely N-dealkylation sites (tertiary alicyclic amines) is 1. The van der Waals surface area contributed by atoms with E-state index in [9.17, 15) is 0 Å². The molecule has 2 rings (SSSR count). The lowest BCUT2D eigenvalue weighted by Crippen LogP contribution is -2.29. The maximum Gasteiger partial charge on any atom is 0.203 e. The summed E-state index contributed by atoms with van der Waals surface area (Å²) >= 11 is 0. The van der Waals surface area contributed by atoms with Gasteiger partial charge in [-0.15, -0.1) is 0 Å². The Labute approximate surface area is 120 Å². The van der Waals surface area contributed by atoms with Gasteiger partial charge in [-0.25, -0.2) is 0 Å². The van der Waals surface area contributed by atoms with Crippen LogP contribution in [0.5, 0.6) is 17.2 Å². The van der Waals surface area contributed by atoms with Gasteiger partial charge in [0.25, 0.3) is 0 Å². The molecule has 112 valence electrons. The fourth-order valence-corrected chi connectivity index (χ4v) is 2.74. The Morgan fingerprint density at radius 2 is 1.90 bits per heavy atom. The minimum absolute atomic E-state index is 0.584. The van der Waals surface area contributed by atoms with Crippen molar-refractivity contribution >= 4 is 0 Å². The van der Waals surface area contributed by atoms with E-state index in [0.717, 1.165) is 30.9 Å². The lowest BCUT2D eigenvalue weighted by molar-refractivity contribution is 0.298. The summed E-state index contributed by atoms with van der Waals surface area (Å²) in [7, 11) is 6.96. The van der Waals surface area contributed by atoms with Crippen molar-refractivity contribution in [1.82, 2.24) is 10.2 Å². The van der Waals surface area contributed by atoms with E-state index >= 15 is 0 Å². The molecule has 1 aliphatic rings. The largest absolute Gasteiger partial charge is 0.493 e. The van der Waals surface area contributed by atoms with Gasteiger partial charge in [0.2, 0.25) is 5.75 Å². The van der Waals surface area contributed by atoms with Crippen LogP contribution in [0.4, 0.5) is 0 Å². The normalized spacial score (nSPS) is 19.1. The van der Waals surface area contributed by atoms with Gasteiger partial charge in [0.1, 0.15) is 0 Å². The average Bonchev–Trinajstić information content (AvgIpc) is 2.94. The maximum atomic E-state index is 5.53. The van der Waals surface area contributed by atoms with Gasteiger partial charge in [0.05, 0.1) is 21.3 Å². The summed E-state index contributed by atoms with van der Waals surface area (Å²) in [4.78, 5) is 2.42. The number of rotatable bonds is 6. The van der Waals surface area contributed by atoms with Gasteiger partial charge in [0, 0.05) is 31.2 Å². The van der Waals surface area contributed by atoms with Gasteiger partial charge in [-0.05, 0) is 19.5 Å². The van der Waals surface area contributed by atoms with E-state index in [-0.39, 0.29) is 0 Å². The van der Waals surface area contributed by atoms with E-state index in [2.05, 4.69) is 10.2 Å². The maximum absolute atomic E-state index is 5.53. The molecule has 0 aromatic heterocycles. The van der Waals surface area contributed by atoms with Crippen molar-refractivity contribution < 1.29 is 14.2 Å². The predicted octanol–water partition coefficient (Wildman–Crippen LogP) is 1.51. The number of nitrogens with zero attached hydrogens (tertiary/aromatic N) is 1. The molecule has 0 saturated carbocycles. The van der Waals surface area contributed by atoms with Crippen molar-refractivity contribution in [3.05, 3.63) is 17.7 Å². The number of benzene rings is 1. The number of ether oxygens (including phenoxy) is 3. The van der Waals surface area contributed by atoms with Gasteiger partial charge in [0.15, 0.2) is 11.5 Å². The van der Waals surface area contributed by atoms with Crippen LogP contribution in [0.1, 0.15) is 12.0 Å². The van der Waals surface area contributed by atoms with Gasteiger partial charge >= 0.3 is 0 Å². The highest BCUT2D eigenvalue weighted by Crippen LogP contribution is 2.40. The summed E-state index contributed by atoms with van der Waals surface area (Å²) in [5.41, 5.74) is 1.13. The Morgan fingerprint density at radius 1 is 1.15 bits per heavy atom. The first-order valence-corrected chi connectivity index (χ1v) is 6.91. The second-order valence-electron chi connectivity index (χ2n) is 5.00. The minimum Gasteiger partial charge on any atom is -0.493 e. The molecule has 1 saturated heterocycles. The Bertz CT molecular complexity index is 451. The first kappa shape index (κ1) is 14.9. The molecule has 1 aromatic rings. The topological polar surface area (TPSA) is 43.0 Å². The molecule has 1 aliphatic heterocycles. The second kappa shape index (κ2) is 6.81.